The number of aromatic nitrogens is 1. The van der Waals surface area contributed by atoms with Crippen LogP contribution in [0.4, 0.5) is 0 Å². The first kappa shape index (κ1) is 16.7. The molecule has 0 unspecified atom stereocenters. The minimum atomic E-state index is 0.0349. The average molecular weight is 366 g/mol. The second-order valence-corrected chi connectivity index (χ2v) is 7.51. The molecule has 0 radical (unpaired) electrons. The van der Waals surface area contributed by atoms with Gasteiger partial charge in [-0.15, -0.1) is 11.3 Å². The zero-order chi connectivity index (χ0) is 18.1. The van der Waals surface area contributed by atoms with Crippen molar-refractivity contribution in [2.24, 2.45) is 0 Å². The zero-order valence-corrected chi connectivity index (χ0v) is 15.2. The van der Waals surface area contributed by atoms with E-state index < -0.39 is 0 Å². The fourth-order valence-corrected chi connectivity index (χ4v) is 4.21. The molecule has 0 fully saturated rings. The lowest BCUT2D eigenvalue weighted by molar-refractivity contribution is -0.131. The molecule has 0 aliphatic carbocycles. The quantitative estimate of drug-likeness (QED) is 0.661. The van der Waals surface area contributed by atoms with E-state index in [-0.39, 0.29) is 12.3 Å². The molecule has 0 spiro atoms. The lowest BCUT2D eigenvalue weighted by Gasteiger charge is -2.26. The lowest BCUT2D eigenvalue weighted by Crippen LogP contribution is -2.36. The van der Waals surface area contributed by atoms with Crippen molar-refractivity contribution in [3.63, 3.8) is 0 Å². The molecule has 0 N–H and O–H groups in total. The van der Waals surface area contributed by atoms with Crippen LogP contribution >= 0.6 is 11.3 Å². The Morgan fingerprint density at radius 1 is 1.35 bits per heavy atom. The van der Waals surface area contributed by atoms with E-state index in [1.54, 1.807) is 0 Å². The highest BCUT2D eigenvalue weighted by molar-refractivity contribution is 7.13. The highest BCUT2D eigenvalue weighted by atomic mass is 32.1. The molecule has 1 aromatic carbocycles. The second kappa shape index (κ2) is 6.88. The van der Waals surface area contributed by atoms with Crippen molar-refractivity contribution in [1.82, 2.24) is 9.88 Å². The molecule has 6 heteroatoms. The molecule has 1 aliphatic rings. The summed E-state index contributed by atoms with van der Waals surface area (Å²) >= 11 is 1.47. The molecule has 4 rings (SSSR count). The van der Waals surface area contributed by atoms with E-state index in [0.717, 1.165) is 28.0 Å². The summed E-state index contributed by atoms with van der Waals surface area (Å²) in [5.41, 5.74) is 2.77. The number of nitrogens with zero attached hydrogens (tertiary/aromatic N) is 2. The van der Waals surface area contributed by atoms with Gasteiger partial charge in [-0.25, -0.2) is 4.98 Å². The fraction of sp³-hybridized carbons (Fsp3) is 0.250. The number of amides is 1. The first-order valence-corrected chi connectivity index (χ1v) is 9.32. The lowest BCUT2D eigenvalue weighted by atomic mass is 10.1. The number of hydrogen-bond donors (Lipinski definition) is 0. The maximum absolute atomic E-state index is 12.7. The summed E-state index contributed by atoms with van der Waals surface area (Å²) in [5, 5.41) is 0. The first-order valence-electron chi connectivity index (χ1n) is 8.50. The molecule has 5 nitrogen and oxygen atoms in total. The smallest absolute Gasteiger partial charge is 0.229 e. The maximum atomic E-state index is 12.7. The van der Waals surface area contributed by atoms with Gasteiger partial charge in [-0.05, 0) is 37.1 Å². The van der Waals surface area contributed by atoms with Crippen molar-refractivity contribution in [2.75, 3.05) is 6.54 Å². The Labute approximate surface area is 155 Å². The van der Waals surface area contributed by atoms with E-state index in [1.807, 2.05) is 48.2 Å². The largest absolute Gasteiger partial charge is 0.441 e. The van der Waals surface area contributed by atoms with Gasteiger partial charge >= 0.3 is 0 Å². The van der Waals surface area contributed by atoms with Gasteiger partial charge in [-0.3, -0.25) is 9.59 Å². The topological polar surface area (TPSA) is 63.4 Å². The third-order valence-electron chi connectivity index (χ3n) is 4.60. The molecule has 26 heavy (non-hydrogen) atoms. The molecule has 2 aromatic heterocycles. The Bertz CT molecular complexity index is 959. The molecule has 0 saturated carbocycles. The number of oxazole rings is 1. The third-order valence-corrected chi connectivity index (χ3v) is 5.69. The van der Waals surface area contributed by atoms with Crippen LogP contribution in [0.1, 0.15) is 31.6 Å². The number of thiophene rings is 1. The van der Waals surface area contributed by atoms with Gasteiger partial charge in [0, 0.05) is 17.0 Å². The van der Waals surface area contributed by atoms with Crippen molar-refractivity contribution >= 4 is 23.5 Å². The van der Waals surface area contributed by atoms with Gasteiger partial charge < -0.3 is 9.32 Å². The SMILES string of the molecule is Cc1oc(-c2ccccc2)nc1CC(=O)N1CCc2cc(C=O)sc2C1. The number of carbonyl (C=O) groups excluding carboxylic acids is 2. The van der Waals surface area contributed by atoms with E-state index in [1.165, 1.54) is 16.9 Å². The first-order chi connectivity index (χ1) is 12.6. The predicted molar refractivity (Wildman–Crippen MR) is 99.2 cm³/mol. The molecular formula is C20H18N2O3S. The zero-order valence-electron chi connectivity index (χ0n) is 14.4. The molecular weight excluding hydrogens is 348 g/mol. The van der Waals surface area contributed by atoms with Crippen LogP contribution in [-0.2, 0) is 24.2 Å². The molecule has 1 amide bonds. The normalized spacial score (nSPS) is 13.5. The molecule has 3 aromatic rings. The number of hydrogen-bond acceptors (Lipinski definition) is 5. The summed E-state index contributed by atoms with van der Waals surface area (Å²) in [6, 6.07) is 11.6. The Hall–Kier alpha value is -2.73. The second-order valence-electron chi connectivity index (χ2n) is 6.35. The van der Waals surface area contributed by atoms with Gasteiger partial charge in [0.2, 0.25) is 11.8 Å². The van der Waals surface area contributed by atoms with Crippen molar-refractivity contribution in [1.29, 1.82) is 0 Å². The van der Waals surface area contributed by atoms with E-state index in [9.17, 15) is 9.59 Å². The average Bonchev–Trinajstić information content (AvgIpc) is 3.25. The van der Waals surface area contributed by atoms with Gasteiger partial charge in [0.25, 0.3) is 0 Å². The Kier molecular flexibility index (Phi) is 4.42. The van der Waals surface area contributed by atoms with Gasteiger partial charge in [0.1, 0.15) is 5.76 Å². The Morgan fingerprint density at radius 3 is 2.92 bits per heavy atom. The summed E-state index contributed by atoms with van der Waals surface area (Å²) in [4.78, 5) is 31.9. The van der Waals surface area contributed by atoms with Gasteiger partial charge in [-0.1, -0.05) is 18.2 Å². The van der Waals surface area contributed by atoms with Crippen LogP contribution in [0.3, 0.4) is 0 Å². The maximum Gasteiger partial charge on any atom is 0.229 e. The van der Waals surface area contributed by atoms with Crippen LogP contribution in [0.15, 0.2) is 40.8 Å². The van der Waals surface area contributed by atoms with Gasteiger partial charge in [-0.2, -0.15) is 0 Å². The van der Waals surface area contributed by atoms with Crippen LogP contribution < -0.4 is 0 Å². The summed E-state index contributed by atoms with van der Waals surface area (Å²) in [5.74, 6) is 1.25. The van der Waals surface area contributed by atoms with E-state index in [0.29, 0.717) is 30.4 Å². The highest BCUT2D eigenvalue weighted by Gasteiger charge is 2.24. The number of aryl methyl sites for hydroxylation is 1. The minimum Gasteiger partial charge on any atom is -0.441 e. The summed E-state index contributed by atoms with van der Waals surface area (Å²) in [7, 11) is 0. The van der Waals surface area contributed by atoms with Crippen LogP contribution in [0, 0.1) is 6.92 Å². The van der Waals surface area contributed by atoms with Crippen LogP contribution in [0.5, 0.6) is 0 Å². The number of aldehydes is 1. The van der Waals surface area contributed by atoms with Crippen molar-refractivity contribution in [2.45, 2.75) is 26.3 Å². The minimum absolute atomic E-state index is 0.0349. The van der Waals surface area contributed by atoms with E-state index in [4.69, 9.17) is 4.42 Å². The monoisotopic (exact) mass is 366 g/mol. The van der Waals surface area contributed by atoms with E-state index in [2.05, 4.69) is 4.98 Å². The van der Waals surface area contributed by atoms with Crippen molar-refractivity contribution in [3.8, 4) is 11.5 Å². The number of carbonyl (C=O) groups is 2. The summed E-state index contributed by atoms with van der Waals surface area (Å²) in [6.45, 7) is 3.07. The predicted octanol–water partition coefficient (Wildman–Crippen LogP) is 3.65. The fourth-order valence-electron chi connectivity index (χ4n) is 3.16. The van der Waals surface area contributed by atoms with Gasteiger partial charge in [0.15, 0.2) is 6.29 Å². The van der Waals surface area contributed by atoms with Gasteiger partial charge in [0.05, 0.1) is 23.5 Å². The van der Waals surface area contributed by atoms with Crippen molar-refractivity contribution < 1.29 is 14.0 Å². The molecule has 132 valence electrons. The standard InChI is InChI=1S/C20H18N2O3S/c1-13-17(21-20(25-13)14-5-3-2-4-6-14)10-19(24)22-8-7-15-9-16(12-23)26-18(15)11-22/h2-6,9,12H,7-8,10-11H2,1H3. The van der Waals surface area contributed by atoms with Crippen LogP contribution in [0.2, 0.25) is 0 Å². The number of fused-ring (bicyclic) bond motifs is 1. The highest BCUT2D eigenvalue weighted by Crippen LogP contribution is 2.28. The molecule has 0 bridgehead atoms. The molecule has 0 atom stereocenters. The Morgan fingerprint density at radius 2 is 2.15 bits per heavy atom. The molecule has 3 heterocycles. The molecule has 0 saturated heterocycles. The number of rotatable bonds is 4. The third kappa shape index (κ3) is 3.20. The summed E-state index contributed by atoms with van der Waals surface area (Å²) in [6.07, 6.45) is 1.89. The number of benzene rings is 1. The van der Waals surface area contributed by atoms with Crippen LogP contribution in [-0.4, -0.2) is 28.6 Å². The van der Waals surface area contributed by atoms with Crippen LogP contribution in [0.25, 0.3) is 11.5 Å². The van der Waals surface area contributed by atoms with Crippen molar-refractivity contribution in [3.05, 3.63) is 63.2 Å². The van der Waals surface area contributed by atoms with E-state index >= 15 is 0 Å². The molecule has 1 aliphatic heterocycles. The Balaban J connectivity index is 1.49. The summed E-state index contributed by atoms with van der Waals surface area (Å²) < 4.78 is 5.74.